The summed E-state index contributed by atoms with van der Waals surface area (Å²) in [6.45, 7) is 3.89. The van der Waals surface area contributed by atoms with E-state index >= 15 is 0 Å². The number of fused-ring (bicyclic) bond motifs is 1. The molecule has 0 aliphatic carbocycles. The molecule has 1 aromatic carbocycles. The molecule has 3 rings (SSSR count). The largest absolute Gasteiger partial charge is 0.350 e. The third-order valence-corrected chi connectivity index (χ3v) is 3.69. The molecule has 4 heteroatoms. The molecule has 0 radical (unpaired) electrons. The standard InChI is InChI=1S/C19H19N3O/c1-13-10-14(2)20-18(11-13)21-19(23)9-8-15-12-22(3)17-7-5-4-6-16(15)17/h4-12H,1-3H3,(H,20,21,23)/b9-8+. The van der Waals surface area contributed by atoms with Crippen molar-refractivity contribution in [2.75, 3.05) is 5.32 Å². The Kier molecular flexibility index (Phi) is 3.98. The number of rotatable bonds is 3. The Hall–Kier alpha value is -2.88. The molecule has 0 aliphatic heterocycles. The first-order valence-corrected chi connectivity index (χ1v) is 7.51. The van der Waals surface area contributed by atoms with Gasteiger partial charge in [0.05, 0.1) is 0 Å². The van der Waals surface area contributed by atoms with Gasteiger partial charge >= 0.3 is 0 Å². The van der Waals surface area contributed by atoms with Crippen molar-refractivity contribution >= 4 is 28.7 Å². The van der Waals surface area contributed by atoms with Gasteiger partial charge in [0.1, 0.15) is 5.82 Å². The van der Waals surface area contributed by atoms with E-state index in [0.29, 0.717) is 5.82 Å². The maximum atomic E-state index is 12.1. The van der Waals surface area contributed by atoms with Crippen molar-refractivity contribution in [2.45, 2.75) is 13.8 Å². The van der Waals surface area contributed by atoms with Gasteiger partial charge in [0.2, 0.25) is 5.91 Å². The molecular weight excluding hydrogens is 286 g/mol. The van der Waals surface area contributed by atoms with Gasteiger partial charge in [-0.15, -0.1) is 0 Å². The van der Waals surface area contributed by atoms with Crippen LogP contribution in [0.5, 0.6) is 0 Å². The van der Waals surface area contributed by atoms with Gasteiger partial charge < -0.3 is 9.88 Å². The highest BCUT2D eigenvalue weighted by molar-refractivity contribution is 6.03. The second kappa shape index (κ2) is 6.08. The Morgan fingerprint density at radius 1 is 1.22 bits per heavy atom. The van der Waals surface area contributed by atoms with Crippen molar-refractivity contribution < 1.29 is 4.79 Å². The summed E-state index contributed by atoms with van der Waals surface area (Å²) in [5.41, 5.74) is 4.12. The highest BCUT2D eigenvalue weighted by atomic mass is 16.1. The van der Waals surface area contributed by atoms with E-state index in [9.17, 15) is 4.79 Å². The van der Waals surface area contributed by atoms with Crippen molar-refractivity contribution in [1.82, 2.24) is 9.55 Å². The van der Waals surface area contributed by atoms with E-state index in [4.69, 9.17) is 0 Å². The lowest BCUT2D eigenvalue weighted by atomic mass is 10.1. The lowest BCUT2D eigenvalue weighted by molar-refractivity contribution is -0.111. The van der Waals surface area contributed by atoms with Crippen molar-refractivity contribution in [3.05, 3.63) is 65.5 Å². The molecular formula is C19H19N3O. The second-order valence-corrected chi connectivity index (χ2v) is 5.71. The van der Waals surface area contributed by atoms with Crippen LogP contribution in [0, 0.1) is 13.8 Å². The van der Waals surface area contributed by atoms with Crippen molar-refractivity contribution in [2.24, 2.45) is 7.05 Å². The molecule has 0 fully saturated rings. The van der Waals surface area contributed by atoms with Crippen molar-refractivity contribution in [3.63, 3.8) is 0 Å². The van der Waals surface area contributed by atoms with Crippen molar-refractivity contribution in [1.29, 1.82) is 0 Å². The number of pyridine rings is 1. The Balaban J connectivity index is 1.80. The smallest absolute Gasteiger partial charge is 0.249 e. The fourth-order valence-corrected chi connectivity index (χ4v) is 2.74. The van der Waals surface area contributed by atoms with Gasteiger partial charge in [-0.05, 0) is 43.7 Å². The lowest BCUT2D eigenvalue weighted by Gasteiger charge is -2.04. The van der Waals surface area contributed by atoms with Crippen LogP contribution in [0.3, 0.4) is 0 Å². The zero-order chi connectivity index (χ0) is 16.4. The average Bonchev–Trinajstić information content (AvgIpc) is 2.81. The molecule has 1 N–H and O–H groups in total. The normalized spacial score (nSPS) is 11.3. The summed E-state index contributed by atoms with van der Waals surface area (Å²) in [6, 6.07) is 12.0. The predicted molar refractivity (Wildman–Crippen MR) is 94.3 cm³/mol. The zero-order valence-electron chi connectivity index (χ0n) is 13.5. The number of aromatic nitrogens is 2. The third kappa shape index (κ3) is 3.31. The first kappa shape index (κ1) is 15.0. The topological polar surface area (TPSA) is 46.9 Å². The number of carbonyl (C=O) groups is 1. The van der Waals surface area contributed by atoms with E-state index in [2.05, 4.69) is 27.0 Å². The monoisotopic (exact) mass is 305 g/mol. The van der Waals surface area contributed by atoms with Crippen LogP contribution in [0.4, 0.5) is 5.82 Å². The molecule has 4 nitrogen and oxygen atoms in total. The maximum Gasteiger partial charge on any atom is 0.249 e. The van der Waals surface area contributed by atoms with Crippen LogP contribution in [0.1, 0.15) is 16.8 Å². The summed E-state index contributed by atoms with van der Waals surface area (Å²) in [4.78, 5) is 16.4. The lowest BCUT2D eigenvalue weighted by Crippen LogP contribution is -2.09. The second-order valence-electron chi connectivity index (χ2n) is 5.71. The van der Waals surface area contributed by atoms with Crippen LogP contribution in [-0.4, -0.2) is 15.5 Å². The van der Waals surface area contributed by atoms with Gasteiger partial charge in [-0.25, -0.2) is 4.98 Å². The molecule has 0 atom stereocenters. The van der Waals surface area contributed by atoms with Crippen molar-refractivity contribution in [3.8, 4) is 0 Å². The summed E-state index contributed by atoms with van der Waals surface area (Å²) in [6.07, 6.45) is 5.39. The number of benzene rings is 1. The molecule has 23 heavy (non-hydrogen) atoms. The molecule has 3 aromatic rings. The molecule has 0 saturated carbocycles. The summed E-state index contributed by atoms with van der Waals surface area (Å²) in [5.74, 6) is 0.394. The predicted octanol–water partition coefficient (Wildman–Crippen LogP) is 3.84. The minimum atomic E-state index is -0.185. The van der Waals surface area contributed by atoms with E-state index in [1.807, 2.05) is 57.4 Å². The number of nitrogens with one attached hydrogen (secondary N) is 1. The molecule has 1 amide bonds. The Morgan fingerprint density at radius 2 is 2.00 bits per heavy atom. The molecule has 2 aromatic heterocycles. The first-order valence-electron chi connectivity index (χ1n) is 7.51. The SMILES string of the molecule is Cc1cc(C)nc(NC(=O)/C=C/c2cn(C)c3ccccc23)c1. The molecule has 2 heterocycles. The van der Waals surface area contributed by atoms with Crippen LogP contribution in [0.25, 0.3) is 17.0 Å². The number of nitrogens with zero attached hydrogens (tertiary/aromatic N) is 2. The number of hydrogen-bond donors (Lipinski definition) is 1. The van der Waals surface area contributed by atoms with Crippen LogP contribution < -0.4 is 5.32 Å². The highest BCUT2D eigenvalue weighted by Gasteiger charge is 2.04. The van der Waals surface area contributed by atoms with Crippen LogP contribution >= 0.6 is 0 Å². The number of aryl methyl sites for hydroxylation is 3. The van der Waals surface area contributed by atoms with E-state index in [1.54, 1.807) is 6.08 Å². The zero-order valence-corrected chi connectivity index (χ0v) is 13.5. The number of amides is 1. The quantitative estimate of drug-likeness (QED) is 0.747. The summed E-state index contributed by atoms with van der Waals surface area (Å²) in [7, 11) is 2.00. The van der Waals surface area contributed by atoms with Gasteiger partial charge in [0.25, 0.3) is 0 Å². The maximum absolute atomic E-state index is 12.1. The van der Waals surface area contributed by atoms with E-state index < -0.39 is 0 Å². The Bertz CT molecular complexity index is 886. The minimum absolute atomic E-state index is 0.185. The first-order chi connectivity index (χ1) is 11.0. The number of para-hydroxylation sites is 1. The summed E-state index contributed by atoms with van der Waals surface area (Å²) < 4.78 is 2.05. The molecule has 0 saturated heterocycles. The number of anilines is 1. The average molecular weight is 305 g/mol. The summed E-state index contributed by atoms with van der Waals surface area (Å²) in [5, 5.41) is 3.93. The fraction of sp³-hybridized carbons (Fsp3) is 0.158. The molecule has 0 unspecified atom stereocenters. The molecule has 116 valence electrons. The van der Waals surface area contributed by atoms with E-state index in [-0.39, 0.29) is 5.91 Å². The Labute approximate surface area is 135 Å². The van der Waals surface area contributed by atoms with E-state index in [0.717, 1.165) is 27.7 Å². The van der Waals surface area contributed by atoms with Gasteiger partial charge in [-0.2, -0.15) is 0 Å². The highest BCUT2D eigenvalue weighted by Crippen LogP contribution is 2.21. The minimum Gasteiger partial charge on any atom is -0.350 e. The van der Waals surface area contributed by atoms with Crippen LogP contribution in [0.2, 0.25) is 0 Å². The van der Waals surface area contributed by atoms with Gasteiger partial charge in [-0.3, -0.25) is 4.79 Å². The van der Waals surface area contributed by atoms with Gasteiger partial charge in [-0.1, -0.05) is 18.2 Å². The third-order valence-electron chi connectivity index (χ3n) is 3.69. The Morgan fingerprint density at radius 3 is 2.78 bits per heavy atom. The number of carbonyl (C=O) groups excluding carboxylic acids is 1. The molecule has 0 bridgehead atoms. The molecule has 0 aliphatic rings. The van der Waals surface area contributed by atoms with Crippen LogP contribution in [0.15, 0.2) is 48.7 Å². The van der Waals surface area contributed by atoms with Gasteiger partial charge in [0.15, 0.2) is 0 Å². The summed E-state index contributed by atoms with van der Waals surface area (Å²) >= 11 is 0. The van der Waals surface area contributed by atoms with Gasteiger partial charge in [0, 0.05) is 41.5 Å². The number of hydrogen-bond acceptors (Lipinski definition) is 2. The van der Waals surface area contributed by atoms with Crippen LogP contribution in [-0.2, 0) is 11.8 Å². The fourth-order valence-electron chi connectivity index (χ4n) is 2.74. The van der Waals surface area contributed by atoms with E-state index in [1.165, 1.54) is 0 Å². The molecule has 0 spiro atoms.